The summed E-state index contributed by atoms with van der Waals surface area (Å²) in [5.74, 6) is 0. The van der Waals surface area contributed by atoms with E-state index >= 15 is 0 Å². The second-order valence-electron chi connectivity index (χ2n) is 11.8. The Labute approximate surface area is 235 Å². The third-order valence-corrected chi connectivity index (χ3v) is 11.2. The second kappa shape index (κ2) is 13.4. The zero-order chi connectivity index (χ0) is 27.1. The van der Waals surface area contributed by atoms with E-state index in [-0.39, 0.29) is 18.1 Å². The van der Waals surface area contributed by atoms with Crippen molar-refractivity contribution in [2.24, 2.45) is 0 Å². The van der Waals surface area contributed by atoms with Crippen LogP contribution in [-0.2, 0) is 22.8 Å². The highest BCUT2D eigenvalue weighted by molar-refractivity contribution is 7.92. The van der Waals surface area contributed by atoms with Crippen molar-refractivity contribution < 1.29 is 8.42 Å². The van der Waals surface area contributed by atoms with Crippen LogP contribution in [0.2, 0.25) is 0 Å². The van der Waals surface area contributed by atoms with E-state index in [4.69, 9.17) is 0 Å². The van der Waals surface area contributed by atoms with Gasteiger partial charge in [-0.05, 0) is 65.8 Å². The second-order valence-corrected chi connectivity index (χ2v) is 13.9. The van der Waals surface area contributed by atoms with E-state index in [1.165, 1.54) is 79.7 Å². The molecule has 4 unspecified atom stereocenters. The Hall–Kier alpha value is -2.21. The summed E-state index contributed by atoms with van der Waals surface area (Å²) in [5.41, 5.74) is 2.43. The Morgan fingerprint density at radius 3 is 2.13 bits per heavy atom. The number of hydrogen-bond acceptors (Lipinski definition) is 4. The molecule has 210 valence electrons. The lowest BCUT2D eigenvalue weighted by molar-refractivity contribution is 0.409. The van der Waals surface area contributed by atoms with E-state index < -0.39 is 15.1 Å². The first-order valence-electron chi connectivity index (χ1n) is 15.4. The molecule has 0 saturated carbocycles. The Balaban J connectivity index is 1.15. The SMILES string of the molecule is CCCCCCCCCCCc1ccc(S(=O)(=O)C2C3CCC(N3)C2NCc2ccc3ccccc3c2)cc1. The highest BCUT2D eigenvalue weighted by atomic mass is 32.2. The lowest BCUT2D eigenvalue weighted by atomic mass is 9.94. The van der Waals surface area contributed by atoms with Gasteiger partial charge in [0.05, 0.1) is 10.1 Å². The Morgan fingerprint density at radius 1 is 0.744 bits per heavy atom. The standard InChI is InChI=1S/C34H46N2O2S/c1-2-3-4-5-6-7-8-9-10-13-26-17-20-30(21-18-26)39(37,38)34-32-23-22-31(36-32)33(34)35-25-27-16-19-28-14-11-12-15-29(28)24-27/h11-12,14-21,24,31-36H,2-10,13,22-23,25H2,1H3. The minimum atomic E-state index is -3.44. The zero-order valence-corrected chi connectivity index (χ0v) is 24.4. The summed E-state index contributed by atoms with van der Waals surface area (Å²) in [7, 11) is -3.44. The first-order valence-corrected chi connectivity index (χ1v) is 16.9. The molecule has 0 amide bonds. The van der Waals surface area contributed by atoms with Crippen molar-refractivity contribution in [2.75, 3.05) is 0 Å². The van der Waals surface area contributed by atoms with E-state index in [2.05, 4.69) is 60.0 Å². The molecule has 3 aromatic carbocycles. The van der Waals surface area contributed by atoms with Gasteiger partial charge >= 0.3 is 0 Å². The van der Waals surface area contributed by atoms with Crippen LogP contribution in [0.25, 0.3) is 10.8 Å². The molecule has 2 aliphatic rings. The molecule has 2 saturated heterocycles. The van der Waals surface area contributed by atoms with Crippen molar-refractivity contribution in [3.63, 3.8) is 0 Å². The van der Waals surface area contributed by atoms with Gasteiger partial charge < -0.3 is 10.6 Å². The normalized spacial score (nSPS) is 22.6. The number of unbranched alkanes of at least 4 members (excludes halogenated alkanes) is 8. The van der Waals surface area contributed by atoms with Gasteiger partial charge in [-0.15, -0.1) is 0 Å². The first-order chi connectivity index (χ1) is 19.1. The first kappa shape index (κ1) is 28.3. The van der Waals surface area contributed by atoms with E-state index in [0.717, 1.165) is 19.3 Å². The van der Waals surface area contributed by atoms with E-state index in [9.17, 15) is 8.42 Å². The molecule has 2 heterocycles. The quantitative estimate of drug-likeness (QED) is 0.196. The monoisotopic (exact) mass is 546 g/mol. The van der Waals surface area contributed by atoms with Crippen LogP contribution < -0.4 is 10.6 Å². The number of fused-ring (bicyclic) bond motifs is 3. The van der Waals surface area contributed by atoms with Crippen molar-refractivity contribution in [1.29, 1.82) is 0 Å². The molecule has 0 spiro atoms. The smallest absolute Gasteiger partial charge is 0.184 e. The largest absolute Gasteiger partial charge is 0.308 e. The van der Waals surface area contributed by atoms with Crippen LogP contribution >= 0.6 is 0 Å². The zero-order valence-electron chi connectivity index (χ0n) is 23.6. The van der Waals surface area contributed by atoms with E-state index in [0.29, 0.717) is 11.4 Å². The van der Waals surface area contributed by atoms with Gasteiger partial charge in [0.25, 0.3) is 0 Å². The van der Waals surface area contributed by atoms with Gasteiger partial charge in [0, 0.05) is 24.7 Å². The average molecular weight is 547 g/mol. The molecule has 5 heteroatoms. The lowest BCUT2D eigenvalue weighted by Crippen LogP contribution is -2.50. The van der Waals surface area contributed by atoms with E-state index in [1.54, 1.807) is 0 Å². The molecule has 4 atom stereocenters. The Bertz CT molecular complexity index is 1300. The molecule has 39 heavy (non-hydrogen) atoms. The fraction of sp³-hybridized carbons (Fsp3) is 0.529. The maximum atomic E-state index is 13.9. The minimum absolute atomic E-state index is 0.0238. The summed E-state index contributed by atoms with van der Waals surface area (Å²) < 4.78 is 27.8. The molecular formula is C34H46N2O2S. The molecule has 2 aliphatic heterocycles. The molecule has 2 bridgehead atoms. The molecule has 2 N–H and O–H groups in total. The summed E-state index contributed by atoms with van der Waals surface area (Å²) in [4.78, 5) is 0.468. The number of aryl methyl sites for hydroxylation is 1. The van der Waals surface area contributed by atoms with Crippen LogP contribution in [-0.4, -0.2) is 31.8 Å². The van der Waals surface area contributed by atoms with Crippen LogP contribution in [0.4, 0.5) is 0 Å². The average Bonchev–Trinajstić information content (AvgIpc) is 3.58. The highest BCUT2D eigenvalue weighted by Crippen LogP contribution is 2.36. The Kier molecular flexibility index (Phi) is 9.75. The van der Waals surface area contributed by atoms with Gasteiger partial charge in [-0.2, -0.15) is 0 Å². The molecule has 3 aromatic rings. The maximum absolute atomic E-state index is 13.9. The Morgan fingerprint density at radius 2 is 1.38 bits per heavy atom. The van der Waals surface area contributed by atoms with Crippen LogP contribution in [0.15, 0.2) is 71.6 Å². The summed E-state index contributed by atoms with van der Waals surface area (Å²) >= 11 is 0. The predicted octanol–water partition coefficient (Wildman–Crippen LogP) is 7.35. The predicted molar refractivity (Wildman–Crippen MR) is 163 cm³/mol. The van der Waals surface area contributed by atoms with Gasteiger partial charge in [0.1, 0.15) is 0 Å². The molecule has 0 radical (unpaired) electrons. The number of benzene rings is 3. The van der Waals surface area contributed by atoms with Crippen molar-refractivity contribution in [1.82, 2.24) is 10.6 Å². The van der Waals surface area contributed by atoms with Crippen molar-refractivity contribution >= 4 is 20.6 Å². The van der Waals surface area contributed by atoms with Crippen LogP contribution in [0.5, 0.6) is 0 Å². The van der Waals surface area contributed by atoms with Gasteiger partial charge in [-0.1, -0.05) is 107 Å². The fourth-order valence-electron chi connectivity index (χ4n) is 6.72. The third kappa shape index (κ3) is 6.93. The van der Waals surface area contributed by atoms with Crippen LogP contribution in [0.1, 0.15) is 88.7 Å². The maximum Gasteiger partial charge on any atom is 0.184 e. The fourth-order valence-corrected chi connectivity index (χ4v) is 8.87. The topological polar surface area (TPSA) is 58.2 Å². The number of rotatable bonds is 15. The third-order valence-electron chi connectivity index (χ3n) is 8.94. The minimum Gasteiger partial charge on any atom is -0.308 e. The molecule has 4 nitrogen and oxygen atoms in total. The van der Waals surface area contributed by atoms with E-state index in [1.807, 2.05) is 24.3 Å². The van der Waals surface area contributed by atoms with Gasteiger partial charge in [-0.3, -0.25) is 0 Å². The molecule has 2 fully saturated rings. The molecular weight excluding hydrogens is 500 g/mol. The highest BCUT2D eigenvalue weighted by Gasteiger charge is 2.53. The van der Waals surface area contributed by atoms with Crippen molar-refractivity contribution in [2.45, 2.75) is 119 Å². The summed E-state index contributed by atoms with van der Waals surface area (Å²) in [6, 6.07) is 22.8. The molecule has 0 aliphatic carbocycles. The van der Waals surface area contributed by atoms with Crippen LogP contribution in [0, 0.1) is 0 Å². The lowest BCUT2D eigenvalue weighted by Gasteiger charge is -2.30. The van der Waals surface area contributed by atoms with Crippen LogP contribution in [0.3, 0.4) is 0 Å². The summed E-state index contributed by atoms with van der Waals surface area (Å²) in [5, 5.41) is 9.26. The molecule has 0 aromatic heterocycles. The van der Waals surface area contributed by atoms with Gasteiger partial charge in [-0.25, -0.2) is 8.42 Å². The number of sulfone groups is 1. The van der Waals surface area contributed by atoms with Gasteiger partial charge in [0.15, 0.2) is 9.84 Å². The summed E-state index contributed by atoms with van der Waals surface area (Å²) in [6.07, 6.45) is 14.9. The number of nitrogens with one attached hydrogen (secondary N) is 2. The van der Waals surface area contributed by atoms with Crippen molar-refractivity contribution in [3.8, 4) is 0 Å². The van der Waals surface area contributed by atoms with Crippen molar-refractivity contribution in [3.05, 3.63) is 77.9 Å². The molecule has 5 rings (SSSR count). The summed E-state index contributed by atoms with van der Waals surface area (Å²) in [6.45, 7) is 2.93. The van der Waals surface area contributed by atoms with Gasteiger partial charge in [0.2, 0.25) is 0 Å². The number of hydrogen-bond donors (Lipinski definition) is 2.